The lowest BCUT2D eigenvalue weighted by Gasteiger charge is -2.36. The highest BCUT2D eigenvalue weighted by Crippen LogP contribution is 2.27. The first-order valence-electron chi connectivity index (χ1n) is 12.2. The highest BCUT2D eigenvalue weighted by atomic mass is 16.5. The fourth-order valence-corrected chi connectivity index (χ4v) is 4.22. The van der Waals surface area contributed by atoms with Gasteiger partial charge in [-0.2, -0.15) is 0 Å². The van der Waals surface area contributed by atoms with Crippen molar-refractivity contribution in [1.82, 2.24) is 9.80 Å². The van der Waals surface area contributed by atoms with E-state index in [2.05, 4.69) is 10.6 Å². The van der Waals surface area contributed by atoms with Crippen LogP contribution in [0.4, 0.5) is 16.2 Å². The molecular formula is C27H36N4O6. The lowest BCUT2D eigenvalue weighted by atomic mass is 10.0. The number of rotatable bonds is 5. The zero-order valence-electron chi connectivity index (χ0n) is 22.0. The Balaban J connectivity index is 1.89. The van der Waals surface area contributed by atoms with Crippen LogP contribution in [0.15, 0.2) is 48.5 Å². The van der Waals surface area contributed by atoms with Gasteiger partial charge in [0, 0.05) is 57.7 Å². The van der Waals surface area contributed by atoms with Crippen LogP contribution in [0.2, 0.25) is 0 Å². The van der Waals surface area contributed by atoms with Gasteiger partial charge in [-0.15, -0.1) is 0 Å². The van der Waals surface area contributed by atoms with Crippen LogP contribution in [0.3, 0.4) is 0 Å². The molecule has 2 N–H and O–H groups in total. The average molecular weight is 513 g/mol. The molecule has 200 valence electrons. The summed E-state index contributed by atoms with van der Waals surface area (Å²) in [6.07, 6.45) is -0.287. The molecule has 0 unspecified atom stereocenters. The first-order chi connectivity index (χ1) is 17.7. The number of benzene rings is 2. The Labute approximate surface area is 217 Å². The summed E-state index contributed by atoms with van der Waals surface area (Å²) in [6, 6.07) is 13.2. The van der Waals surface area contributed by atoms with E-state index in [0.29, 0.717) is 35.8 Å². The van der Waals surface area contributed by atoms with Gasteiger partial charge in [-0.1, -0.05) is 25.1 Å². The van der Waals surface area contributed by atoms with E-state index in [4.69, 9.17) is 14.2 Å². The number of fused-ring (bicyclic) bond motifs is 1. The fraction of sp³-hybridized carbons (Fsp3) is 0.444. The van der Waals surface area contributed by atoms with E-state index >= 15 is 0 Å². The SMILES string of the molecule is COCC(=O)N1C[C@@H](C)[C@@H](OC)CN(C)C(=O)c2ccc(NC(=O)Nc3ccccc3)cc2OC[C@@H]1C. The third-order valence-electron chi connectivity index (χ3n) is 6.32. The highest BCUT2D eigenvalue weighted by Gasteiger charge is 2.30. The second-order valence-corrected chi connectivity index (χ2v) is 9.23. The minimum atomic E-state index is -0.427. The molecule has 3 rings (SSSR count). The second-order valence-electron chi connectivity index (χ2n) is 9.23. The molecule has 4 amide bonds. The zero-order chi connectivity index (χ0) is 26.9. The largest absolute Gasteiger partial charge is 0.491 e. The summed E-state index contributed by atoms with van der Waals surface area (Å²) in [4.78, 5) is 42.0. The molecular weight excluding hydrogens is 476 g/mol. The number of anilines is 2. The third kappa shape index (κ3) is 7.43. The maximum absolute atomic E-state index is 13.3. The van der Waals surface area contributed by atoms with Gasteiger partial charge in [0.25, 0.3) is 5.91 Å². The Morgan fingerprint density at radius 3 is 2.41 bits per heavy atom. The van der Waals surface area contributed by atoms with Crippen molar-refractivity contribution in [2.24, 2.45) is 5.92 Å². The number of hydrogen-bond donors (Lipinski definition) is 2. The van der Waals surface area contributed by atoms with Gasteiger partial charge in [0.15, 0.2) is 0 Å². The molecule has 0 bridgehead atoms. The van der Waals surface area contributed by atoms with Crippen LogP contribution in [0, 0.1) is 5.92 Å². The maximum atomic E-state index is 13.3. The van der Waals surface area contributed by atoms with Crippen molar-refractivity contribution in [1.29, 1.82) is 0 Å². The number of carbonyl (C=O) groups is 3. The van der Waals surface area contributed by atoms with Crippen LogP contribution >= 0.6 is 0 Å². The smallest absolute Gasteiger partial charge is 0.323 e. The number of amides is 4. The quantitative estimate of drug-likeness (QED) is 0.636. The number of nitrogens with zero attached hydrogens (tertiary/aromatic N) is 2. The molecule has 0 aliphatic carbocycles. The Bertz CT molecular complexity index is 1080. The Morgan fingerprint density at radius 2 is 1.73 bits per heavy atom. The van der Waals surface area contributed by atoms with E-state index < -0.39 is 6.03 Å². The van der Waals surface area contributed by atoms with Gasteiger partial charge in [0.2, 0.25) is 5.91 Å². The fourth-order valence-electron chi connectivity index (χ4n) is 4.22. The summed E-state index contributed by atoms with van der Waals surface area (Å²) in [7, 11) is 4.79. The molecule has 0 fully saturated rings. The predicted molar refractivity (Wildman–Crippen MR) is 141 cm³/mol. The van der Waals surface area contributed by atoms with E-state index in [0.717, 1.165) is 0 Å². The Morgan fingerprint density at radius 1 is 1.03 bits per heavy atom. The minimum Gasteiger partial charge on any atom is -0.491 e. The molecule has 1 aliphatic rings. The molecule has 10 heteroatoms. The van der Waals surface area contributed by atoms with Gasteiger partial charge < -0.3 is 34.6 Å². The Kier molecular flexibility index (Phi) is 9.87. The standard InChI is InChI=1S/C27H36N4O6/c1-18-14-31(25(32)17-35-4)19(2)16-37-23-13-21(29-27(34)28-20-9-7-6-8-10-20)11-12-22(23)26(33)30(3)15-24(18)36-5/h6-13,18-19,24H,14-17H2,1-5H3,(H2,28,29,34)/t18-,19+,24+/m1/s1. The minimum absolute atomic E-state index is 0.0443. The summed E-state index contributed by atoms with van der Waals surface area (Å²) < 4.78 is 16.9. The van der Waals surface area contributed by atoms with Crippen molar-refractivity contribution >= 4 is 29.2 Å². The van der Waals surface area contributed by atoms with Crippen LogP contribution in [-0.2, 0) is 14.3 Å². The van der Waals surface area contributed by atoms with Crippen molar-refractivity contribution < 1.29 is 28.6 Å². The number of para-hydroxylation sites is 1. The van der Waals surface area contributed by atoms with Gasteiger partial charge in [-0.3, -0.25) is 9.59 Å². The number of methoxy groups -OCH3 is 2. The van der Waals surface area contributed by atoms with E-state index in [9.17, 15) is 14.4 Å². The van der Waals surface area contributed by atoms with Gasteiger partial charge in [0.05, 0.1) is 17.7 Å². The molecule has 37 heavy (non-hydrogen) atoms. The van der Waals surface area contributed by atoms with Gasteiger partial charge in [-0.25, -0.2) is 4.79 Å². The Hall–Kier alpha value is -3.63. The van der Waals surface area contributed by atoms with Gasteiger partial charge in [0.1, 0.15) is 19.0 Å². The van der Waals surface area contributed by atoms with Crippen LogP contribution < -0.4 is 15.4 Å². The number of urea groups is 1. The van der Waals surface area contributed by atoms with Crippen LogP contribution in [-0.4, -0.2) is 87.4 Å². The lowest BCUT2D eigenvalue weighted by Crippen LogP contribution is -2.49. The summed E-state index contributed by atoms with van der Waals surface area (Å²) >= 11 is 0. The molecule has 1 aliphatic heterocycles. The molecule has 0 spiro atoms. The topological polar surface area (TPSA) is 109 Å². The van der Waals surface area contributed by atoms with E-state index in [1.165, 1.54) is 7.11 Å². The second kappa shape index (κ2) is 13.1. The summed E-state index contributed by atoms with van der Waals surface area (Å²) in [5.74, 6) is -0.125. The molecule has 2 aromatic carbocycles. The van der Waals surface area contributed by atoms with E-state index in [-0.39, 0.29) is 43.1 Å². The molecule has 10 nitrogen and oxygen atoms in total. The summed E-state index contributed by atoms with van der Waals surface area (Å²) in [5.41, 5.74) is 1.45. The molecule has 3 atom stereocenters. The number of hydrogen-bond acceptors (Lipinski definition) is 6. The zero-order valence-corrected chi connectivity index (χ0v) is 22.0. The molecule has 2 aromatic rings. The van der Waals surface area contributed by atoms with E-state index in [1.54, 1.807) is 54.3 Å². The van der Waals surface area contributed by atoms with Gasteiger partial charge in [-0.05, 0) is 31.2 Å². The number of nitrogens with one attached hydrogen (secondary N) is 2. The van der Waals surface area contributed by atoms with Gasteiger partial charge >= 0.3 is 6.03 Å². The average Bonchev–Trinajstić information content (AvgIpc) is 2.88. The van der Waals surface area contributed by atoms with Crippen molar-refractivity contribution in [3.8, 4) is 5.75 Å². The molecule has 0 saturated carbocycles. The van der Waals surface area contributed by atoms with Crippen LogP contribution in [0.1, 0.15) is 24.2 Å². The van der Waals surface area contributed by atoms with Crippen LogP contribution in [0.5, 0.6) is 5.75 Å². The van der Waals surface area contributed by atoms with E-state index in [1.807, 2.05) is 32.0 Å². The monoisotopic (exact) mass is 512 g/mol. The maximum Gasteiger partial charge on any atom is 0.323 e. The normalized spacial score (nSPS) is 20.7. The first kappa shape index (κ1) is 27.9. The first-order valence-corrected chi connectivity index (χ1v) is 12.2. The molecule has 0 aromatic heterocycles. The van der Waals surface area contributed by atoms with Crippen LogP contribution in [0.25, 0.3) is 0 Å². The molecule has 0 saturated heterocycles. The number of likely N-dealkylation sites (N-methyl/N-ethyl adjacent to an activating group) is 1. The number of ether oxygens (including phenoxy) is 3. The van der Waals surface area contributed by atoms with Crippen molar-refractivity contribution in [3.05, 3.63) is 54.1 Å². The molecule has 0 radical (unpaired) electrons. The summed E-state index contributed by atoms with van der Waals surface area (Å²) in [5, 5.41) is 5.53. The van der Waals surface area contributed by atoms with Crippen molar-refractivity contribution in [2.75, 3.05) is 58.2 Å². The summed E-state index contributed by atoms with van der Waals surface area (Å²) in [6.45, 7) is 4.72. The third-order valence-corrected chi connectivity index (χ3v) is 6.32. The van der Waals surface area contributed by atoms with Crippen molar-refractivity contribution in [3.63, 3.8) is 0 Å². The highest BCUT2D eigenvalue weighted by molar-refractivity contribution is 6.01. The van der Waals surface area contributed by atoms with Crippen molar-refractivity contribution in [2.45, 2.75) is 26.0 Å². The molecule has 1 heterocycles. The lowest BCUT2D eigenvalue weighted by molar-refractivity contribution is -0.139. The predicted octanol–water partition coefficient (Wildman–Crippen LogP) is 3.31. The number of carbonyl (C=O) groups excluding carboxylic acids is 3.